The van der Waals surface area contributed by atoms with E-state index in [9.17, 15) is 4.79 Å². The SMILES string of the molecule is Cc1cc(C)n(CCCC(=O)Nc2ccc(Oc3nn[nH]n3)cc2)n1. The first-order valence-corrected chi connectivity index (χ1v) is 7.92. The van der Waals surface area contributed by atoms with E-state index < -0.39 is 0 Å². The molecule has 9 nitrogen and oxygen atoms in total. The van der Waals surface area contributed by atoms with Crippen LogP contribution in [0.2, 0.25) is 0 Å². The molecule has 0 bridgehead atoms. The molecular formula is C16H19N7O2. The van der Waals surface area contributed by atoms with Crippen molar-refractivity contribution in [1.29, 1.82) is 0 Å². The number of ether oxygens (including phenoxy) is 1. The number of nitrogens with zero attached hydrogens (tertiary/aromatic N) is 5. The van der Waals surface area contributed by atoms with Crippen molar-refractivity contribution in [2.24, 2.45) is 0 Å². The topological polar surface area (TPSA) is 111 Å². The summed E-state index contributed by atoms with van der Waals surface area (Å²) in [5.41, 5.74) is 2.80. The fraction of sp³-hybridized carbons (Fsp3) is 0.312. The zero-order chi connectivity index (χ0) is 17.6. The van der Waals surface area contributed by atoms with E-state index in [1.807, 2.05) is 24.6 Å². The number of anilines is 1. The summed E-state index contributed by atoms with van der Waals surface area (Å²) >= 11 is 0. The van der Waals surface area contributed by atoms with E-state index in [0.29, 0.717) is 17.9 Å². The van der Waals surface area contributed by atoms with E-state index in [-0.39, 0.29) is 11.9 Å². The molecule has 2 aromatic heterocycles. The highest BCUT2D eigenvalue weighted by molar-refractivity contribution is 5.90. The van der Waals surface area contributed by atoms with Crippen LogP contribution in [0.1, 0.15) is 24.2 Å². The van der Waals surface area contributed by atoms with Crippen LogP contribution in [0.15, 0.2) is 30.3 Å². The van der Waals surface area contributed by atoms with Gasteiger partial charge in [-0.15, -0.1) is 0 Å². The van der Waals surface area contributed by atoms with Gasteiger partial charge in [0.05, 0.1) is 5.69 Å². The van der Waals surface area contributed by atoms with Gasteiger partial charge in [-0.25, -0.2) is 0 Å². The molecule has 9 heteroatoms. The van der Waals surface area contributed by atoms with Crippen molar-refractivity contribution in [2.45, 2.75) is 33.2 Å². The molecule has 0 saturated carbocycles. The van der Waals surface area contributed by atoms with Gasteiger partial charge in [0.15, 0.2) is 0 Å². The fourth-order valence-electron chi connectivity index (χ4n) is 2.42. The molecule has 0 aliphatic heterocycles. The monoisotopic (exact) mass is 341 g/mol. The Balaban J connectivity index is 1.45. The highest BCUT2D eigenvalue weighted by atomic mass is 16.5. The number of aromatic nitrogens is 6. The van der Waals surface area contributed by atoms with Crippen molar-refractivity contribution >= 4 is 11.6 Å². The Hall–Kier alpha value is -3.23. The number of nitrogens with one attached hydrogen (secondary N) is 2. The molecule has 0 unspecified atom stereocenters. The molecule has 130 valence electrons. The number of H-pyrrole nitrogens is 1. The summed E-state index contributed by atoms with van der Waals surface area (Å²) in [6, 6.07) is 9.13. The Labute approximate surface area is 144 Å². The number of benzene rings is 1. The molecule has 0 radical (unpaired) electrons. The number of amides is 1. The first-order valence-electron chi connectivity index (χ1n) is 7.92. The Morgan fingerprint density at radius 3 is 2.72 bits per heavy atom. The van der Waals surface area contributed by atoms with Gasteiger partial charge in [0.2, 0.25) is 5.91 Å². The first kappa shape index (κ1) is 16.6. The van der Waals surface area contributed by atoms with Crippen LogP contribution in [0.25, 0.3) is 0 Å². The Morgan fingerprint density at radius 1 is 1.28 bits per heavy atom. The van der Waals surface area contributed by atoms with Crippen molar-refractivity contribution in [1.82, 2.24) is 30.4 Å². The molecule has 1 aromatic carbocycles. The third-order valence-corrected chi connectivity index (χ3v) is 3.55. The number of tetrazole rings is 1. The van der Waals surface area contributed by atoms with E-state index in [2.05, 4.69) is 31.0 Å². The fourth-order valence-corrected chi connectivity index (χ4v) is 2.42. The minimum Gasteiger partial charge on any atom is -0.422 e. The smallest absolute Gasteiger partial charge is 0.361 e. The van der Waals surface area contributed by atoms with Gasteiger partial charge < -0.3 is 10.1 Å². The van der Waals surface area contributed by atoms with Crippen LogP contribution in [0.3, 0.4) is 0 Å². The molecule has 0 fully saturated rings. The van der Waals surface area contributed by atoms with Crippen LogP contribution in [0, 0.1) is 13.8 Å². The summed E-state index contributed by atoms with van der Waals surface area (Å²) in [6.07, 6.45) is 1.16. The van der Waals surface area contributed by atoms with Crippen LogP contribution >= 0.6 is 0 Å². The second kappa shape index (κ2) is 7.56. The van der Waals surface area contributed by atoms with Gasteiger partial charge in [-0.3, -0.25) is 9.48 Å². The average molecular weight is 341 g/mol. The summed E-state index contributed by atoms with van der Waals surface area (Å²) in [7, 11) is 0. The maximum absolute atomic E-state index is 12.0. The molecule has 2 heterocycles. The molecule has 25 heavy (non-hydrogen) atoms. The van der Waals surface area contributed by atoms with Crippen LogP contribution in [-0.2, 0) is 11.3 Å². The molecule has 3 aromatic rings. The molecule has 0 aliphatic carbocycles. The van der Waals surface area contributed by atoms with Crippen LogP contribution in [0.4, 0.5) is 5.69 Å². The lowest BCUT2D eigenvalue weighted by Crippen LogP contribution is -2.13. The Kier molecular flexibility index (Phi) is 5.03. The van der Waals surface area contributed by atoms with Crippen molar-refractivity contribution in [3.05, 3.63) is 41.7 Å². The molecule has 0 spiro atoms. The van der Waals surface area contributed by atoms with Gasteiger partial charge in [-0.2, -0.15) is 10.3 Å². The normalized spacial score (nSPS) is 10.6. The number of aryl methyl sites for hydroxylation is 3. The lowest BCUT2D eigenvalue weighted by atomic mass is 10.2. The van der Waals surface area contributed by atoms with E-state index in [1.165, 1.54) is 0 Å². The number of carbonyl (C=O) groups excluding carboxylic acids is 1. The lowest BCUT2D eigenvalue weighted by molar-refractivity contribution is -0.116. The van der Waals surface area contributed by atoms with Crippen LogP contribution < -0.4 is 10.1 Å². The molecule has 0 atom stereocenters. The molecule has 0 aliphatic rings. The first-order chi connectivity index (χ1) is 12.1. The lowest BCUT2D eigenvalue weighted by Gasteiger charge is -2.07. The van der Waals surface area contributed by atoms with Gasteiger partial charge in [0, 0.05) is 24.3 Å². The maximum atomic E-state index is 12.0. The van der Waals surface area contributed by atoms with Crippen molar-refractivity contribution in [2.75, 3.05) is 5.32 Å². The van der Waals surface area contributed by atoms with Crippen molar-refractivity contribution < 1.29 is 9.53 Å². The minimum absolute atomic E-state index is 0.0339. The predicted octanol–water partition coefficient (Wildman–Crippen LogP) is 2.22. The summed E-state index contributed by atoms with van der Waals surface area (Å²) in [4.78, 5) is 12.0. The predicted molar refractivity (Wildman–Crippen MR) is 90.3 cm³/mol. The molecule has 3 rings (SSSR count). The summed E-state index contributed by atoms with van der Waals surface area (Å²) < 4.78 is 7.29. The maximum Gasteiger partial charge on any atom is 0.361 e. The van der Waals surface area contributed by atoms with Gasteiger partial charge in [-0.1, -0.05) is 10.2 Å². The van der Waals surface area contributed by atoms with Crippen molar-refractivity contribution in [3.8, 4) is 11.8 Å². The summed E-state index contributed by atoms with van der Waals surface area (Å²) in [6.45, 7) is 4.70. The zero-order valence-corrected chi connectivity index (χ0v) is 14.1. The second-order valence-corrected chi connectivity index (χ2v) is 5.62. The third-order valence-electron chi connectivity index (χ3n) is 3.55. The minimum atomic E-state index is -0.0339. The van der Waals surface area contributed by atoms with Gasteiger partial charge >= 0.3 is 6.01 Å². The molecular weight excluding hydrogens is 322 g/mol. The molecule has 1 amide bonds. The molecule has 2 N–H and O–H groups in total. The standard InChI is InChI=1S/C16H19N7O2/c1-11-10-12(2)23(20-11)9-3-4-15(24)17-13-5-7-14(8-6-13)25-16-18-21-22-19-16/h5-8,10H,3-4,9H2,1-2H3,(H,17,24)(H,18,19,21,22). The Morgan fingerprint density at radius 2 is 2.08 bits per heavy atom. The highest BCUT2D eigenvalue weighted by Gasteiger charge is 2.06. The summed E-state index contributed by atoms with van der Waals surface area (Å²) in [5.74, 6) is 0.525. The quantitative estimate of drug-likeness (QED) is 0.682. The van der Waals surface area contributed by atoms with E-state index in [4.69, 9.17) is 4.74 Å². The van der Waals surface area contributed by atoms with E-state index in [1.54, 1.807) is 24.3 Å². The van der Waals surface area contributed by atoms with Crippen LogP contribution in [0.5, 0.6) is 11.8 Å². The zero-order valence-electron chi connectivity index (χ0n) is 14.1. The van der Waals surface area contributed by atoms with E-state index >= 15 is 0 Å². The number of aromatic amines is 1. The number of rotatable bonds is 7. The van der Waals surface area contributed by atoms with Gasteiger partial charge in [-0.05, 0) is 55.8 Å². The third kappa shape index (κ3) is 4.63. The van der Waals surface area contributed by atoms with Gasteiger partial charge in [0.1, 0.15) is 5.75 Å². The number of hydrogen-bond donors (Lipinski definition) is 2. The average Bonchev–Trinajstić information content (AvgIpc) is 3.19. The number of hydrogen-bond acceptors (Lipinski definition) is 6. The van der Waals surface area contributed by atoms with Crippen LogP contribution in [-0.4, -0.2) is 36.3 Å². The molecule has 0 saturated heterocycles. The van der Waals surface area contributed by atoms with Crippen molar-refractivity contribution in [3.63, 3.8) is 0 Å². The summed E-state index contributed by atoms with van der Waals surface area (Å²) in [5, 5.41) is 20.4. The second-order valence-electron chi connectivity index (χ2n) is 5.62. The number of carbonyl (C=O) groups is 1. The highest BCUT2D eigenvalue weighted by Crippen LogP contribution is 2.19. The van der Waals surface area contributed by atoms with Gasteiger partial charge in [0.25, 0.3) is 0 Å². The van der Waals surface area contributed by atoms with E-state index in [0.717, 1.165) is 24.4 Å². The largest absolute Gasteiger partial charge is 0.422 e. The Bertz CT molecular complexity index is 825.